The number of alkyl halides is 1. The Hall–Kier alpha value is -1.55. The first-order chi connectivity index (χ1) is 8.60. The number of hydrogen-bond acceptors (Lipinski definition) is 3. The average Bonchev–Trinajstić information content (AvgIpc) is 2.43. The Morgan fingerprint density at radius 3 is 2.44 bits per heavy atom. The Morgan fingerprint density at radius 2 is 1.94 bits per heavy atom. The van der Waals surface area contributed by atoms with Gasteiger partial charge in [-0.1, -0.05) is 30.3 Å². The van der Waals surface area contributed by atoms with Gasteiger partial charge in [-0.25, -0.2) is 4.79 Å². The maximum Gasteiger partial charge on any atom is 0.328 e. The summed E-state index contributed by atoms with van der Waals surface area (Å²) in [6.07, 6.45) is 0. The minimum absolute atomic E-state index is 0.159. The van der Waals surface area contributed by atoms with Gasteiger partial charge in [0.2, 0.25) is 5.91 Å². The number of hydrogen-bond donors (Lipinski definition) is 0. The van der Waals surface area contributed by atoms with Crippen molar-refractivity contribution in [2.24, 2.45) is 0 Å². The monoisotopic (exact) mass is 269 g/mol. The number of esters is 1. The lowest BCUT2D eigenvalue weighted by Crippen LogP contribution is -2.43. The molecule has 1 rings (SSSR count). The molecule has 1 amide bonds. The third-order valence-electron chi connectivity index (χ3n) is 2.64. The highest BCUT2D eigenvalue weighted by Crippen LogP contribution is 2.10. The molecule has 0 aromatic heterocycles. The first-order valence-electron chi connectivity index (χ1n) is 5.57. The normalized spacial score (nSPS) is 11.7. The Balaban J connectivity index is 2.86. The molecular weight excluding hydrogens is 254 g/mol. The van der Waals surface area contributed by atoms with Gasteiger partial charge < -0.3 is 9.64 Å². The van der Waals surface area contributed by atoms with E-state index in [0.717, 1.165) is 5.56 Å². The van der Waals surface area contributed by atoms with Crippen LogP contribution in [0.2, 0.25) is 0 Å². The van der Waals surface area contributed by atoms with E-state index in [1.807, 2.05) is 30.3 Å². The van der Waals surface area contributed by atoms with E-state index in [9.17, 15) is 9.59 Å². The van der Waals surface area contributed by atoms with E-state index >= 15 is 0 Å². The van der Waals surface area contributed by atoms with Crippen molar-refractivity contribution in [2.75, 3.05) is 13.0 Å². The molecule has 0 radical (unpaired) electrons. The molecule has 4 nitrogen and oxygen atoms in total. The number of amides is 1. The molecule has 0 heterocycles. The summed E-state index contributed by atoms with van der Waals surface area (Å²) >= 11 is 5.56. The van der Waals surface area contributed by atoms with Crippen LogP contribution < -0.4 is 0 Å². The van der Waals surface area contributed by atoms with Gasteiger partial charge in [-0.15, -0.1) is 11.6 Å². The smallest absolute Gasteiger partial charge is 0.328 e. The molecule has 0 aliphatic carbocycles. The second-order valence-electron chi connectivity index (χ2n) is 3.84. The molecule has 18 heavy (non-hydrogen) atoms. The lowest BCUT2D eigenvalue weighted by Gasteiger charge is -2.26. The fraction of sp³-hybridized carbons (Fsp3) is 0.385. The number of rotatable bonds is 5. The lowest BCUT2D eigenvalue weighted by atomic mass is 10.2. The van der Waals surface area contributed by atoms with Gasteiger partial charge in [-0.2, -0.15) is 0 Å². The van der Waals surface area contributed by atoms with Crippen molar-refractivity contribution in [1.82, 2.24) is 4.90 Å². The first-order valence-corrected chi connectivity index (χ1v) is 6.10. The molecular formula is C13H16ClNO3. The third kappa shape index (κ3) is 3.74. The second-order valence-corrected chi connectivity index (χ2v) is 4.11. The maximum absolute atomic E-state index is 11.8. The number of carbonyl (C=O) groups excluding carboxylic acids is 2. The van der Waals surface area contributed by atoms with E-state index in [1.165, 1.54) is 12.0 Å². The molecule has 0 saturated carbocycles. The zero-order chi connectivity index (χ0) is 13.5. The van der Waals surface area contributed by atoms with Crippen LogP contribution in [0.25, 0.3) is 0 Å². The maximum atomic E-state index is 11.8. The second kappa shape index (κ2) is 7.01. The van der Waals surface area contributed by atoms with Gasteiger partial charge >= 0.3 is 5.97 Å². The Labute approximate surface area is 111 Å². The van der Waals surface area contributed by atoms with Gasteiger partial charge in [0, 0.05) is 6.54 Å². The van der Waals surface area contributed by atoms with E-state index in [1.54, 1.807) is 6.92 Å². The summed E-state index contributed by atoms with van der Waals surface area (Å²) in [5.41, 5.74) is 0.937. The molecule has 0 spiro atoms. The summed E-state index contributed by atoms with van der Waals surface area (Å²) in [4.78, 5) is 24.7. The number of halogens is 1. The van der Waals surface area contributed by atoms with Crippen molar-refractivity contribution in [3.63, 3.8) is 0 Å². The number of carbonyl (C=O) groups is 2. The van der Waals surface area contributed by atoms with Gasteiger partial charge in [0.15, 0.2) is 0 Å². The van der Waals surface area contributed by atoms with Crippen molar-refractivity contribution in [3.8, 4) is 0 Å². The summed E-state index contributed by atoms with van der Waals surface area (Å²) in [7, 11) is 1.30. The largest absolute Gasteiger partial charge is 0.467 e. The fourth-order valence-electron chi connectivity index (χ4n) is 1.60. The van der Waals surface area contributed by atoms with Gasteiger partial charge in [-0.3, -0.25) is 4.79 Å². The molecule has 1 aromatic rings. The summed E-state index contributed by atoms with van der Waals surface area (Å²) < 4.78 is 4.65. The van der Waals surface area contributed by atoms with Crippen molar-refractivity contribution in [2.45, 2.75) is 19.5 Å². The number of benzene rings is 1. The van der Waals surface area contributed by atoms with E-state index in [-0.39, 0.29) is 11.8 Å². The third-order valence-corrected chi connectivity index (χ3v) is 2.87. The van der Waals surface area contributed by atoms with Crippen LogP contribution in [0.5, 0.6) is 0 Å². The van der Waals surface area contributed by atoms with Crippen LogP contribution >= 0.6 is 11.6 Å². The highest BCUT2D eigenvalue weighted by Gasteiger charge is 2.25. The van der Waals surface area contributed by atoms with Crippen molar-refractivity contribution in [3.05, 3.63) is 35.9 Å². The summed E-state index contributed by atoms with van der Waals surface area (Å²) in [6, 6.07) is 8.77. The number of ether oxygens (including phenoxy) is 1. The highest BCUT2D eigenvalue weighted by molar-refractivity contribution is 6.27. The molecule has 0 saturated heterocycles. The zero-order valence-electron chi connectivity index (χ0n) is 10.4. The molecule has 0 N–H and O–H groups in total. The van der Waals surface area contributed by atoms with E-state index in [0.29, 0.717) is 6.54 Å². The molecule has 0 unspecified atom stereocenters. The van der Waals surface area contributed by atoms with Gasteiger partial charge in [0.1, 0.15) is 11.9 Å². The van der Waals surface area contributed by atoms with Gasteiger partial charge in [-0.05, 0) is 12.5 Å². The molecule has 0 aliphatic heterocycles. The summed E-state index contributed by atoms with van der Waals surface area (Å²) in [6.45, 7) is 1.96. The van der Waals surface area contributed by atoms with Crippen molar-refractivity contribution < 1.29 is 14.3 Å². The summed E-state index contributed by atoms with van der Waals surface area (Å²) in [5.74, 6) is -0.906. The molecule has 1 atom stereocenters. The topological polar surface area (TPSA) is 46.6 Å². The molecule has 0 bridgehead atoms. The van der Waals surface area contributed by atoms with E-state index < -0.39 is 12.0 Å². The van der Waals surface area contributed by atoms with Crippen LogP contribution in [-0.4, -0.2) is 35.8 Å². The van der Waals surface area contributed by atoms with Gasteiger partial charge in [0.25, 0.3) is 0 Å². The van der Waals surface area contributed by atoms with Crippen molar-refractivity contribution >= 4 is 23.5 Å². The lowest BCUT2D eigenvalue weighted by molar-refractivity contribution is -0.151. The Bertz CT molecular complexity index is 408. The highest BCUT2D eigenvalue weighted by atomic mass is 35.5. The molecule has 98 valence electrons. The number of nitrogens with zero attached hydrogens (tertiary/aromatic N) is 1. The predicted octanol–water partition coefficient (Wildman–Crippen LogP) is 1.82. The molecule has 0 fully saturated rings. The average molecular weight is 270 g/mol. The van der Waals surface area contributed by atoms with Crippen LogP contribution in [0.15, 0.2) is 30.3 Å². The molecule has 1 aromatic carbocycles. The first kappa shape index (κ1) is 14.5. The standard InChI is InChI=1S/C13H16ClNO3/c1-10(13(17)18-2)15(12(16)8-14)9-11-6-4-3-5-7-11/h3-7,10H,8-9H2,1-2H3/t10-/m1/s1. The minimum atomic E-state index is -0.651. The minimum Gasteiger partial charge on any atom is -0.467 e. The van der Waals surface area contributed by atoms with Gasteiger partial charge in [0.05, 0.1) is 7.11 Å². The fourth-order valence-corrected chi connectivity index (χ4v) is 1.75. The zero-order valence-corrected chi connectivity index (χ0v) is 11.2. The SMILES string of the molecule is COC(=O)[C@@H](C)N(Cc1ccccc1)C(=O)CCl. The van der Waals surface area contributed by atoms with Crippen molar-refractivity contribution in [1.29, 1.82) is 0 Å². The van der Waals surface area contributed by atoms with Crippen LogP contribution in [-0.2, 0) is 20.9 Å². The van der Waals surface area contributed by atoms with Crippen LogP contribution in [0.4, 0.5) is 0 Å². The Morgan fingerprint density at radius 1 is 1.33 bits per heavy atom. The van der Waals surface area contributed by atoms with Crippen LogP contribution in [0.1, 0.15) is 12.5 Å². The molecule has 0 aliphatic rings. The molecule has 5 heteroatoms. The number of methoxy groups -OCH3 is 1. The van der Waals surface area contributed by atoms with E-state index in [4.69, 9.17) is 11.6 Å². The predicted molar refractivity (Wildman–Crippen MR) is 69.2 cm³/mol. The quantitative estimate of drug-likeness (QED) is 0.605. The van der Waals surface area contributed by atoms with E-state index in [2.05, 4.69) is 4.74 Å². The Kier molecular flexibility index (Phi) is 5.65. The van der Waals surface area contributed by atoms with Crippen LogP contribution in [0.3, 0.4) is 0 Å². The van der Waals surface area contributed by atoms with Crippen LogP contribution in [0, 0.1) is 0 Å². The summed E-state index contributed by atoms with van der Waals surface area (Å²) in [5, 5.41) is 0.